The summed E-state index contributed by atoms with van der Waals surface area (Å²) in [5, 5.41) is 14.4. The predicted octanol–water partition coefficient (Wildman–Crippen LogP) is -0.461. The van der Waals surface area contributed by atoms with Crippen LogP contribution in [0.5, 0.6) is 0 Å². The molecule has 2 aliphatic heterocycles. The highest BCUT2D eigenvalue weighted by atomic mass is 16.5. The molecule has 0 radical (unpaired) electrons. The quantitative estimate of drug-likeness (QED) is 0.651. The van der Waals surface area contributed by atoms with Crippen LogP contribution >= 0.6 is 0 Å². The lowest BCUT2D eigenvalue weighted by molar-refractivity contribution is -0.149. The Balaban J connectivity index is 1.69. The monoisotopic (exact) mass is 299 g/mol. The molecule has 21 heavy (non-hydrogen) atoms. The van der Waals surface area contributed by atoms with Gasteiger partial charge in [0.25, 0.3) is 0 Å². The van der Waals surface area contributed by atoms with Crippen LogP contribution in [0, 0.1) is 0 Å². The van der Waals surface area contributed by atoms with E-state index in [1.807, 2.05) is 0 Å². The van der Waals surface area contributed by atoms with E-state index in [2.05, 4.69) is 10.6 Å². The number of urea groups is 1. The van der Waals surface area contributed by atoms with Crippen LogP contribution in [0.3, 0.4) is 0 Å². The van der Waals surface area contributed by atoms with Crippen molar-refractivity contribution in [2.75, 3.05) is 19.6 Å². The van der Waals surface area contributed by atoms with E-state index in [9.17, 15) is 14.4 Å². The highest BCUT2D eigenvalue weighted by Gasteiger charge is 2.31. The summed E-state index contributed by atoms with van der Waals surface area (Å²) in [5.41, 5.74) is 0. The van der Waals surface area contributed by atoms with Gasteiger partial charge < -0.3 is 25.4 Å². The van der Waals surface area contributed by atoms with Gasteiger partial charge in [0.1, 0.15) is 0 Å². The molecule has 2 fully saturated rings. The molecule has 8 heteroatoms. The van der Waals surface area contributed by atoms with E-state index in [0.29, 0.717) is 32.5 Å². The molecule has 118 valence electrons. The highest BCUT2D eigenvalue weighted by molar-refractivity contribution is 5.76. The molecule has 0 spiro atoms. The molecule has 0 aromatic heterocycles. The number of ether oxygens (including phenoxy) is 1. The van der Waals surface area contributed by atoms with Crippen molar-refractivity contribution in [3.05, 3.63) is 0 Å². The van der Waals surface area contributed by atoms with Crippen LogP contribution in [0.2, 0.25) is 0 Å². The maximum Gasteiger partial charge on any atom is 0.332 e. The second-order valence-corrected chi connectivity index (χ2v) is 5.48. The third-order valence-corrected chi connectivity index (χ3v) is 3.75. The first-order chi connectivity index (χ1) is 9.95. The first-order valence-corrected chi connectivity index (χ1v) is 7.14. The van der Waals surface area contributed by atoms with Crippen molar-refractivity contribution in [1.82, 2.24) is 15.5 Å². The fourth-order valence-electron chi connectivity index (χ4n) is 2.70. The molecule has 3 N–H and O–H groups in total. The molecule has 2 rings (SSSR count). The Morgan fingerprint density at radius 3 is 2.67 bits per heavy atom. The number of hydrogen-bond acceptors (Lipinski definition) is 4. The minimum atomic E-state index is -0.957. The van der Waals surface area contributed by atoms with Crippen molar-refractivity contribution in [2.24, 2.45) is 0 Å². The van der Waals surface area contributed by atoms with E-state index < -0.39 is 12.1 Å². The van der Waals surface area contributed by atoms with E-state index in [0.717, 1.165) is 6.42 Å². The first-order valence-electron chi connectivity index (χ1n) is 7.14. The number of nitrogens with zero attached hydrogens (tertiary/aromatic N) is 1. The maximum atomic E-state index is 12.0. The molecule has 3 amide bonds. The number of carboxylic acids is 1. The number of carboxylic acid groups (broad SMARTS) is 1. The molecule has 3 unspecified atom stereocenters. The first kappa shape index (κ1) is 15.6. The molecule has 2 saturated heterocycles. The Kier molecular flexibility index (Phi) is 5.00. The normalized spacial score (nSPS) is 28.4. The van der Waals surface area contributed by atoms with Crippen LogP contribution in [0.25, 0.3) is 0 Å². The van der Waals surface area contributed by atoms with Crippen LogP contribution in [0.1, 0.15) is 26.2 Å². The molecular weight excluding hydrogens is 278 g/mol. The van der Waals surface area contributed by atoms with Gasteiger partial charge in [0.05, 0.1) is 6.10 Å². The number of carbonyl (C=O) groups excluding carboxylic acids is 2. The summed E-state index contributed by atoms with van der Waals surface area (Å²) in [6.07, 6.45) is 0.843. The van der Waals surface area contributed by atoms with Crippen LogP contribution in [-0.2, 0) is 14.3 Å². The van der Waals surface area contributed by atoms with Crippen LogP contribution < -0.4 is 10.6 Å². The number of aliphatic carboxylic acids is 1. The average molecular weight is 299 g/mol. The molecular formula is C13H21N3O5. The van der Waals surface area contributed by atoms with Gasteiger partial charge in [-0.3, -0.25) is 4.79 Å². The van der Waals surface area contributed by atoms with Crippen LogP contribution in [0.4, 0.5) is 4.79 Å². The predicted molar refractivity (Wildman–Crippen MR) is 72.7 cm³/mol. The smallest absolute Gasteiger partial charge is 0.332 e. The molecule has 2 aliphatic rings. The summed E-state index contributed by atoms with van der Waals surface area (Å²) >= 11 is 0. The lowest BCUT2D eigenvalue weighted by atomic mass is 10.2. The van der Waals surface area contributed by atoms with Crippen molar-refractivity contribution < 1.29 is 24.2 Å². The van der Waals surface area contributed by atoms with E-state index in [1.54, 1.807) is 4.90 Å². The second-order valence-electron chi connectivity index (χ2n) is 5.48. The van der Waals surface area contributed by atoms with Gasteiger partial charge in [-0.1, -0.05) is 0 Å². The van der Waals surface area contributed by atoms with E-state index in [1.165, 1.54) is 6.92 Å². The Hall–Kier alpha value is -1.83. The molecule has 0 aromatic carbocycles. The minimum absolute atomic E-state index is 0.00683. The Bertz CT molecular complexity index is 428. The third kappa shape index (κ3) is 4.32. The number of carbonyl (C=O) groups is 3. The van der Waals surface area contributed by atoms with Crippen molar-refractivity contribution in [2.45, 2.75) is 44.4 Å². The van der Waals surface area contributed by atoms with Gasteiger partial charge in [0, 0.05) is 32.6 Å². The molecule has 0 aromatic rings. The summed E-state index contributed by atoms with van der Waals surface area (Å²) in [4.78, 5) is 35.4. The number of hydrogen-bond donors (Lipinski definition) is 3. The summed E-state index contributed by atoms with van der Waals surface area (Å²) < 4.78 is 5.32. The SMILES string of the molecule is CC(=O)NC1CCN(C(=O)NCC2CCC(C(=O)O)O2)C1. The van der Waals surface area contributed by atoms with Crippen molar-refractivity contribution in [3.8, 4) is 0 Å². The van der Waals surface area contributed by atoms with Gasteiger partial charge in [-0.25, -0.2) is 9.59 Å². The topological polar surface area (TPSA) is 108 Å². The van der Waals surface area contributed by atoms with Crippen molar-refractivity contribution >= 4 is 17.9 Å². The van der Waals surface area contributed by atoms with Gasteiger partial charge in [0.2, 0.25) is 5.91 Å². The molecule has 0 bridgehead atoms. The third-order valence-electron chi connectivity index (χ3n) is 3.75. The molecule has 8 nitrogen and oxygen atoms in total. The second kappa shape index (κ2) is 6.75. The van der Waals surface area contributed by atoms with Gasteiger partial charge in [-0.05, 0) is 19.3 Å². The Morgan fingerprint density at radius 2 is 2.05 bits per heavy atom. The molecule has 0 aliphatic carbocycles. The van der Waals surface area contributed by atoms with Crippen molar-refractivity contribution in [1.29, 1.82) is 0 Å². The largest absolute Gasteiger partial charge is 0.479 e. The van der Waals surface area contributed by atoms with E-state index in [-0.39, 0.29) is 24.1 Å². The summed E-state index contributed by atoms with van der Waals surface area (Å²) in [6, 6.07) is -0.197. The average Bonchev–Trinajstić information content (AvgIpc) is 3.04. The Morgan fingerprint density at radius 1 is 1.29 bits per heavy atom. The van der Waals surface area contributed by atoms with Gasteiger partial charge >= 0.3 is 12.0 Å². The lowest BCUT2D eigenvalue weighted by Crippen LogP contribution is -2.43. The Labute approximate surface area is 122 Å². The number of likely N-dealkylation sites (tertiary alicyclic amines) is 1. The van der Waals surface area contributed by atoms with E-state index >= 15 is 0 Å². The van der Waals surface area contributed by atoms with Gasteiger partial charge in [0.15, 0.2) is 6.10 Å². The fourth-order valence-corrected chi connectivity index (χ4v) is 2.70. The van der Waals surface area contributed by atoms with Crippen molar-refractivity contribution in [3.63, 3.8) is 0 Å². The minimum Gasteiger partial charge on any atom is -0.479 e. The van der Waals surface area contributed by atoms with Crippen LogP contribution in [0.15, 0.2) is 0 Å². The lowest BCUT2D eigenvalue weighted by Gasteiger charge is -2.19. The maximum absolute atomic E-state index is 12.0. The summed E-state index contributed by atoms with van der Waals surface area (Å²) in [6.45, 7) is 2.86. The fraction of sp³-hybridized carbons (Fsp3) is 0.769. The zero-order valence-electron chi connectivity index (χ0n) is 12.0. The van der Waals surface area contributed by atoms with Gasteiger partial charge in [-0.2, -0.15) is 0 Å². The number of amides is 3. The zero-order valence-corrected chi connectivity index (χ0v) is 12.0. The molecule has 2 heterocycles. The summed E-state index contributed by atoms with van der Waals surface area (Å²) in [5.74, 6) is -1.05. The highest BCUT2D eigenvalue weighted by Crippen LogP contribution is 2.19. The zero-order chi connectivity index (χ0) is 15.4. The molecule has 0 saturated carbocycles. The number of nitrogens with one attached hydrogen (secondary N) is 2. The summed E-state index contributed by atoms with van der Waals surface area (Å²) in [7, 11) is 0. The number of rotatable bonds is 4. The standard InChI is InChI=1S/C13H21N3O5/c1-8(17)15-9-4-5-16(7-9)13(20)14-6-10-2-3-11(21-10)12(18)19/h9-11H,2-7H2,1H3,(H,14,20)(H,15,17)(H,18,19). The van der Waals surface area contributed by atoms with Gasteiger partial charge in [-0.15, -0.1) is 0 Å². The molecule has 3 atom stereocenters. The van der Waals surface area contributed by atoms with Crippen LogP contribution in [-0.4, -0.2) is 65.8 Å². The van der Waals surface area contributed by atoms with E-state index in [4.69, 9.17) is 9.84 Å².